The Bertz CT molecular complexity index is 663. The van der Waals surface area contributed by atoms with Crippen molar-refractivity contribution in [2.45, 2.75) is 29.8 Å². The highest BCUT2D eigenvalue weighted by Gasteiger charge is 2.46. The highest BCUT2D eigenvalue weighted by Crippen LogP contribution is 2.48. The number of hydrogen-bond acceptors (Lipinski definition) is 2. The monoisotopic (exact) mass is 398 g/mol. The van der Waals surface area contributed by atoms with Crippen LogP contribution in [0, 0.1) is 17.8 Å². The Hall–Kier alpha value is -1.47. The van der Waals surface area contributed by atoms with Crippen molar-refractivity contribution in [1.29, 1.82) is 0 Å². The zero-order valence-corrected chi connectivity index (χ0v) is 14.2. The summed E-state index contributed by atoms with van der Waals surface area (Å²) in [6.45, 7) is 0. The third-order valence-electron chi connectivity index (χ3n) is 4.64. The molecule has 0 aromatic heterocycles. The van der Waals surface area contributed by atoms with Crippen molar-refractivity contribution in [3.8, 4) is 0 Å². The van der Waals surface area contributed by atoms with Gasteiger partial charge in [-0.3, -0.25) is 9.59 Å². The zero-order chi connectivity index (χ0) is 18.9. The van der Waals surface area contributed by atoms with E-state index in [-0.39, 0.29) is 18.4 Å². The summed E-state index contributed by atoms with van der Waals surface area (Å²) < 4.78 is 38.8. The summed E-state index contributed by atoms with van der Waals surface area (Å²) in [6, 6.07) is 4.53. The van der Waals surface area contributed by atoms with Crippen LogP contribution >= 0.6 is 23.2 Å². The smallest absolute Gasteiger partial charge is 0.416 e. The van der Waals surface area contributed by atoms with Crippen molar-refractivity contribution >= 4 is 35.1 Å². The van der Waals surface area contributed by atoms with Crippen LogP contribution in [-0.4, -0.2) is 27.0 Å². The van der Waals surface area contributed by atoms with Gasteiger partial charge in [0.25, 0.3) is 0 Å². The van der Waals surface area contributed by atoms with Gasteiger partial charge in [-0.15, -0.1) is 23.2 Å². The van der Waals surface area contributed by atoms with Gasteiger partial charge in [0, 0.05) is 0 Å². The van der Waals surface area contributed by atoms with Gasteiger partial charge in [0.05, 0.1) is 17.4 Å². The zero-order valence-electron chi connectivity index (χ0n) is 12.7. The average molecular weight is 399 g/mol. The van der Waals surface area contributed by atoms with Gasteiger partial charge >= 0.3 is 18.1 Å². The number of carboxylic acid groups (broad SMARTS) is 2. The molecule has 4 nitrogen and oxygen atoms in total. The van der Waals surface area contributed by atoms with Gasteiger partial charge in [-0.25, -0.2) is 0 Å². The molecule has 138 valence electrons. The summed E-state index contributed by atoms with van der Waals surface area (Å²) in [5.74, 6) is -6.34. The molecule has 2 rings (SSSR count). The summed E-state index contributed by atoms with van der Waals surface area (Å²) in [4.78, 5) is 21.8. The van der Waals surface area contributed by atoms with Gasteiger partial charge in [-0.1, -0.05) is 18.2 Å². The van der Waals surface area contributed by atoms with Crippen LogP contribution in [0.5, 0.6) is 0 Å². The summed E-state index contributed by atoms with van der Waals surface area (Å²) >= 11 is 11.9. The number of halogens is 5. The van der Waals surface area contributed by atoms with Gasteiger partial charge in [0.1, 0.15) is 4.84 Å². The molecule has 0 spiro atoms. The van der Waals surface area contributed by atoms with Crippen LogP contribution in [0.1, 0.15) is 29.9 Å². The summed E-state index contributed by atoms with van der Waals surface area (Å²) in [5, 5.41) is 18.6. The first-order chi connectivity index (χ1) is 11.5. The van der Waals surface area contributed by atoms with E-state index in [2.05, 4.69) is 0 Å². The molecule has 0 heterocycles. The third kappa shape index (κ3) is 4.39. The molecule has 1 saturated carbocycles. The molecule has 1 aromatic carbocycles. The predicted molar refractivity (Wildman–Crippen MR) is 84.7 cm³/mol. The molecule has 0 bridgehead atoms. The van der Waals surface area contributed by atoms with Crippen LogP contribution in [0.4, 0.5) is 13.2 Å². The molecule has 1 fully saturated rings. The first kappa shape index (κ1) is 19.8. The minimum atomic E-state index is -4.54. The Morgan fingerprint density at radius 1 is 1.08 bits per heavy atom. The Labute approximate surface area is 151 Å². The van der Waals surface area contributed by atoms with Crippen LogP contribution in [-0.2, 0) is 15.8 Å². The number of hydrogen-bond donors (Lipinski definition) is 2. The molecule has 0 radical (unpaired) electrons. The maximum Gasteiger partial charge on any atom is 0.416 e. The summed E-state index contributed by atoms with van der Waals surface area (Å²) in [6.07, 6.45) is -4.81. The highest BCUT2D eigenvalue weighted by molar-refractivity contribution is 6.44. The molecule has 1 aliphatic rings. The molecule has 3 unspecified atom stereocenters. The van der Waals surface area contributed by atoms with E-state index in [1.54, 1.807) is 0 Å². The second kappa shape index (κ2) is 7.41. The third-order valence-corrected chi connectivity index (χ3v) is 5.28. The quantitative estimate of drug-likeness (QED) is 0.736. The van der Waals surface area contributed by atoms with Crippen LogP contribution < -0.4 is 0 Å². The standard InChI is InChI=1S/C16H15Cl2F3O4/c17-13(18)10-6-12(15(24)25)11(14(22)23)5-9(10)7-2-1-3-8(4-7)16(19,20)21/h1-4,9-13H,5-6H2,(H,22,23)(H,24,25)/t9?,10?,11?,12-/m0/s1. The van der Waals surface area contributed by atoms with E-state index in [9.17, 15) is 33.0 Å². The van der Waals surface area contributed by atoms with Crippen LogP contribution in [0.2, 0.25) is 0 Å². The molecule has 2 N–H and O–H groups in total. The predicted octanol–water partition coefficient (Wildman–Crippen LogP) is 4.40. The Morgan fingerprint density at radius 2 is 1.64 bits per heavy atom. The molecule has 9 heteroatoms. The van der Waals surface area contributed by atoms with Gasteiger partial charge in [-0.2, -0.15) is 13.2 Å². The van der Waals surface area contributed by atoms with Crippen LogP contribution in [0.3, 0.4) is 0 Å². The molecular formula is C16H15Cl2F3O4. The maximum absolute atomic E-state index is 12.9. The lowest BCUT2D eigenvalue weighted by molar-refractivity contribution is -0.157. The minimum Gasteiger partial charge on any atom is -0.481 e. The topological polar surface area (TPSA) is 74.6 Å². The van der Waals surface area contributed by atoms with E-state index < -0.39 is 52.2 Å². The lowest BCUT2D eigenvalue weighted by atomic mass is 9.66. The Morgan fingerprint density at radius 3 is 2.12 bits per heavy atom. The summed E-state index contributed by atoms with van der Waals surface area (Å²) in [7, 11) is 0. The van der Waals surface area contributed by atoms with E-state index >= 15 is 0 Å². The van der Waals surface area contributed by atoms with Gasteiger partial charge in [0.15, 0.2) is 0 Å². The molecule has 1 aromatic rings. The molecule has 0 aliphatic heterocycles. The summed E-state index contributed by atoms with van der Waals surface area (Å²) in [5.41, 5.74) is -0.613. The van der Waals surface area contributed by atoms with E-state index in [1.807, 2.05) is 0 Å². The average Bonchev–Trinajstić information content (AvgIpc) is 2.52. The van der Waals surface area contributed by atoms with Crippen molar-refractivity contribution in [1.82, 2.24) is 0 Å². The Kier molecular flexibility index (Phi) is 5.89. The first-order valence-electron chi connectivity index (χ1n) is 7.43. The van der Waals surface area contributed by atoms with Crippen molar-refractivity contribution in [2.24, 2.45) is 17.8 Å². The number of carboxylic acids is 2. The molecule has 25 heavy (non-hydrogen) atoms. The molecule has 0 amide bonds. The molecule has 0 saturated heterocycles. The lowest BCUT2D eigenvalue weighted by Gasteiger charge is -2.39. The van der Waals surface area contributed by atoms with Gasteiger partial charge < -0.3 is 10.2 Å². The largest absolute Gasteiger partial charge is 0.481 e. The minimum absolute atomic E-state index is 0.120. The number of aliphatic carboxylic acids is 2. The Balaban J connectivity index is 2.43. The fourth-order valence-corrected chi connectivity index (χ4v) is 3.94. The van der Waals surface area contributed by atoms with Crippen molar-refractivity contribution in [3.05, 3.63) is 35.4 Å². The fraction of sp³-hybridized carbons (Fsp3) is 0.500. The number of alkyl halides is 5. The molecule has 1 aliphatic carbocycles. The normalized spacial score (nSPS) is 27.3. The molecular weight excluding hydrogens is 384 g/mol. The van der Waals surface area contributed by atoms with Crippen LogP contribution in [0.25, 0.3) is 0 Å². The second-order valence-corrected chi connectivity index (χ2v) is 7.25. The van der Waals surface area contributed by atoms with Crippen molar-refractivity contribution in [3.63, 3.8) is 0 Å². The molecule has 4 atom stereocenters. The van der Waals surface area contributed by atoms with E-state index in [0.717, 1.165) is 12.1 Å². The van der Waals surface area contributed by atoms with Crippen molar-refractivity contribution in [2.75, 3.05) is 0 Å². The second-order valence-electron chi connectivity index (χ2n) is 6.09. The van der Waals surface area contributed by atoms with Gasteiger partial charge in [-0.05, 0) is 36.3 Å². The van der Waals surface area contributed by atoms with E-state index in [4.69, 9.17) is 23.2 Å². The maximum atomic E-state index is 12.9. The number of rotatable bonds is 4. The highest BCUT2D eigenvalue weighted by atomic mass is 35.5. The fourth-order valence-electron chi connectivity index (χ4n) is 3.39. The van der Waals surface area contributed by atoms with Gasteiger partial charge in [0.2, 0.25) is 0 Å². The number of benzene rings is 1. The lowest BCUT2D eigenvalue weighted by Crippen LogP contribution is -2.40. The SMILES string of the molecule is O=C(O)C1CC(c2cccc(C(F)(F)F)c2)C(C(Cl)Cl)C[C@@H]1C(=O)O. The van der Waals surface area contributed by atoms with Crippen molar-refractivity contribution < 1.29 is 33.0 Å². The van der Waals surface area contributed by atoms with E-state index in [1.165, 1.54) is 12.1 Å². The number of carbonyl (C=O) groups is 2. The first-order valence-corrected chi connectivity index (χ1v) is 8.30. The van der Waals surface area contributed by atoms with E-state index in [0.29, 0.717) is 0 Å². The van der Waals surface area contributed by atoms with Crippen LogP contribution in [0.15, 0.2) is 24.3 Å².